The number of nitrogens with zero attached hydrogens (tertiary/aromatic N) is 1. The molecule has 0 aliphatic carbocycles. The molecule has 1 unspecified atom stereocenters. The van der Waals surface area contributed by atoms with E-state index in [2.05, 4.69) is 9.99 Å². The van der Waals surface area contributed by atoms with E-state index < -0.39 is 5.97 Å². The van der Waals surface area contributed by atoms with Gasteiger partial charge in [0.1, 0.15) is 0 Å². The maximum atomic E-state index is 11.2. The molecule has 0 amide bonds. The van der Waals surface area contributed by atoms with Gasteiger partial charge in [-0.05, 0) is 19.1 Å². The third-order valence-electron chi connectivity index (χ3n) is 1.44. The zero-order valence-electron chi connectivity index (χ0n) is 7.88. The van der Waals surface area contributed by atoms with Crippen LogP contribution in [0.3, 0.4) is 0 Å². The van der Waals surface area contributed by atoms with E-state index >= 15 is 0 Å². The van der Waals surface area contributed by atoms with Crippen molar-refractivity contribution in [2.24, 2.45) is 10.9 Å². The van der Waals surface area contributed by atoms with E-state index in [1.54, 1.807) is 31.2 Å². The van der Waals surface area contributed by atoms with Crippen LogP contribution in [0.5, 0.6) is 0 Å². The average molecular weight is 192 g/mol. The SMILES string of the molecule is CC(N)/C=N\OC(=O)c1ccccc1. The second kappa shape index (κ2) is 5.14. The number of hydrogen-bond acceptors (Lipinski definition) is 4. The van der Waals surface area contributed by atoms with E-state index in [0.29, 0.717) is 5.56 Å². The Bertz CT molecular complexity index is 320. The van der Waals surface area contributed by atoms with Crippen LogP contribution < -0.4 is 5.73 Å². The molecule has 1 atom stereocenters. The highest BCUT2D eigenvalue weighted by Gasteiger charge is 2.04. The molecule has 0 spiro atoms. The van der Waals surface area contributed by atoms with Crippen molar-refractivity contribution in [2.75, 3.05) is 0 Å². The van der Waals surface area contributed by atoms with Crippen molar-refractivity contribution in [3.63, 3.8) is 0 Å². The summed E-state index contributed by atoms with van der Waals surface area (Å²) in [7, 11) is 0. The first-order chi connectivity index (χ1) is 6.70. The smallest absolute Gasteiger partial charge is 0.323 e. The lowest BCUT2D eigenvalue weighted by atomic mass is 10.2. The van der Waals surface area contributed by atoms with Gasteiger partial charge in [0.05, 0.1) is 11.8 Å². The molecule has 2 N–H and O–H groups in total. The van der Waals surface area contributed by atoms with Gasteiger partial charge in [-0.2, -0.15) is 0 Å². The van der Waals surface area contributed by atoms with Gasteiger partial charge in [0.15, 0.2) is 0 Å². The maximum absolute atomic E-state index is 11.2. The zero-order chi connectivity index (χ0) is 10.4. The van der Waals surface area contributed by atoms with Gasteiger partial charge in [-0.1, -0.05) is 23.4 Å². The Kier molecular flexibility index (Phi) is 3.82. The fourth-order valence-electron chi connectivity index (χ4n) is 0.801. The molecule has 0 radical (unpaired) electrons. The quantitative estimate of drug-likeness (QED) is 0.444. The second-order valence-electron chi connectivity index (χ2n) is 2.86. The Morgan fingerprint density at radius 2 is 2.14 bits per heavy atom. The van der Waals surface area contributed by atoms with Crippen LogP contribution in [-0.4, -0.2) is 18.2 Å². The number of rotatable bonds is 3. The fourth-order valence-corrected chi connectivity index (χ4v) is 0.801. The van der Waals surface area contributed by atoms with Gasteiger partial charge in [-0.25, -0.2) is 4.79 Å². The van der Waals surface area contributed by atoms with Crippen LogP contribution in [0.2, 0.25) is 0 Å². The molecule has 1 rings (SSSR count). The molecular weight excluding hydrogens is 180 g/mol. The Morgan fingerprint density at radius 1 is 1.50 bits per heavy atom. The largest absolute Gasteiger partial charge is 0.365 e. The summed E-state index contributed by atoms with van der Waals surface area (Å²) >= 11 is 0. The first-order valence-corrected chi connectivity index (χ1v) is 4.25. The van der Waals surface area contributed by atoms with E-state index in [0.717, 1.165) is 0 Å². The standard InChI is InChI=1S/C10H12N2O2/c1-8(11)7-12-14-10(13)9-5-3-2-4-6-9/h2-8H,11H2,1H3/b12-7-. The molecule has 0 aromatic heterocycles. The molecule has 0 heterocycles. The van der Waals surface area contributed by atoms with Crippen molar-refractivity contribution in [2.45, 2.75) is 13.0 Å². The van der Waals surface area contributed by atoms with E-state index in [9.17, 15) is 4.79 Å². The summed E-state index contributed by atoms with van der Waals surface area (Å²) in [5, 5.41) is 3.45. The van der Waals surface area contributed by atoms with E-state index in [1.807, 2.05) is 6.07 Å². The third kappa shape index (κ3) is 3.37. The number of hydrogen-bond donors (Lipinski definition) is 1. The first kappa shape index (κ1) is 10.4. The topological polar surface area (TPSA) is 64.7 Å². The lowest BCUT2D eigenvalue weighted by Gasteiger charge is -1.97. The number of carbonyl (C=O) groups is 1. The number of benzene rings is 1. The molecule has 4 nitrogen and oxygen atoms in total. The van der Waals surface area contributed by atoms with Crippen LogP contribution in [0, 0.1) is 0 Å². The minimum absolute atomic E-state index is 0.224. The van der Waals surface area contributed by atoms with Gasteiger partial charge < -0.3 is 10.6 Å². The molecule has 14 heavy (non-hydrogen) atoms. The van der Waals surface area contributed by atoms with Crippen LogP contribution in [0.1, 0.15) is 17.3 Å². The van der Waals surface area contributed by atoms with Gasteiger partial charge in [-0.15, -0.1) is 0 Å². The molecular formula is C10H12N2O2. The summed E-state index contributed by atoms with van der Waals surface area (Å²) in [4.78, 5) is 15.8. The average Bonchev–Trinajstić information content (AvgIpc) is 2.18. The summed E-state index contributed by atoms with van der Waals surface area (Å²) in [5.74, 6) is -0.484. The van der Waals surface area contributed by atoms with Crippen molar-refractivity contribution in [3.8, 4) is 0 Å². The molecule has 4 heteroatoms. The van der Waals surface area contributed by atoms with Crippen molar-refractivity contribution in [1.29, 1.82) is 0 Å². The monoisotopic (exact) mass is 192 g/mol. The van der Waals surface area contributed by atoms with Crippen molar-refractivity contribution in [1.82, 2.24) is 0 Å². The Hall–Kier alpha value is -1.68. The van der Waals surface area contributed by atoms with Gasteiger partial charge in [0.2, 0.25) is 0 Å². The molecule has 0 fully saturated rings. The molecule has 0 bridgehead atoms. The van der Waals surface area contributed by atoms with E-state index in [1.165, 1.54) is 6.21 Å². The highest BCUT2D eigenvalue weighted by Crippen LogP contribution is 2.00. The minimum Gasteiger partial charge on any atom is -0.323 e. The molecule has 0 saturated carbocycles. The molecule has 0 aliphatic heterocycles. The lowest BCUT2D eigenvalue weighted by molar-refractivity contribution is 0.0518. The second-order valence-corrected chi connectivity index (χ2v) is 2.86. The van der Waals surface area contributed by atoms with Crippen molar-refractivity contribution < 1.29 is 9.63 Å². The van der Waals surface area contributed by atoms with Crippen LogP contribution >= 0.6 is 0 Å². The van der Waals surface area contributed by atoms with E-state index in [-0.39, 0.29) is 6.04 Å². The minimum atomic E-state index is -0.484. The van der Waals surface area contributed by atoms with Crippen LogP contribution in [0.25, 0.3) is 0 Å². The lowest BCUT2D eigenvalue weighted by Crippen LogP contribution is -2.16. The highest BCUT2D eigenvalue weighted by atomic mass is 16.7. The fraction of sp³-hybridized carbons (Fsp3) is 0.200. The van der Waals surface area contributed by atoms with Gasteiger partial charge >= 0.3 is 5.97 Å². The third-order valence-corrected chi connectivity index (χ3v) is 1.44. The maximum Gasteiger partial charge on any atom is 0.365 e. The summed E-state index contributed by atoms with van der Waals surface area (Å²) < 4.78 is 0. The highest BCUT2D eigenvalue weighted by molar-refractivity contribution is 5.89. The Balaban J connectivity index is 2.52. The normalized spacial score (nSPS) is 12.7. The summed E-state index contributed by atoms with van der Waals surface area (Å²) in [6.45, 7) is 1.74. The first-order valence-electron chi connectivity index (χ1n) is 4.25. The van der Waals surface area contributed by atoms with Crippen LogP contribution in [0.15, 0.2) is 35.5 Å². The molecule has 0 saturated heterocycles. The predicted octanol–water partition coefficient (Wildman–Crippen LogP) is 1.18. The Labute approximate surface area is 82.4 Å². The molecule has 1 aromatic rings. The van der Waals surface area contributed by atoms with Crippen molar-refractivity contribution in [3.05, 3.63) is 35.9 Å². The number of nitrogens with two attached hydrogens (primary N) is 1. The summed E-state index contributed by atoms with van der Waals surface area (Å²) in [5.41, 5.74) is 5.84. The van der Waals surface area contributed by atoms with Gasteiger partial charge in [-0.3, -0.25) is 0 Å². The number of oxime groups is 1. The van der Waals surface area contributed by atoms with Crippen LogP contribution in [-0.2, 0) is 4.84 Å². The van der Waals surface area contributed by atoms with Gasteiger partial charge in [0.25, 0.3) is 0 Å². The summed E-state index contributed by atoms with van der Waals surface area (Å²) in [6.07, 6.45) is 1.36. The zero-order valence-corrected chi connectivity index (χ0v) is 7.88. The van der Waals surface area contributed by atoms with Gasteiger partial charge in [0, 0.05) is 6.04 Å². The molecule has 1 aromatic carbocycles. The Morgan fingerprint density at radius 3 is 2.71 bits per heavy atom. The van der Waals surface area contributed by atoms with E-state index in [4.69, 9.17) is 5.73 Å². The van der Waals surface area contributed by atoms with Crippen LogP contribution in [0.4, 0.5) is 0 Å². The molecule has 74 valence electrons. The molecule has 0 aliphatic rings. The number of carbonyl (C=O) groups excluding carboxylic acids is 1. The summed E-state index contributed by atoms with van der Waals surface area (Å²) in [6, 6.07) is 8.42. The predicted molar refractivity (Wildman–Crippen MR) is 54.0 cm³/mol. The van der Waals surface area contributed by atoms with Crippen molar-refractivity contribution >= 4 is 12.2 Å².